The highest BCUT2D eigenvalue weighted by molar-refractivity contribution is 7.70. The number of hydrogen-bond acceptors (Lipinski definition) is 16. The van der Waals surface area contributed by atoms with Crippen LogP contribution in [0.4, 0.5) is 0 Å². The number of aryl methyl sites for hydroxylation is 2. The molecule has 7 amide bonds. The maximum absolute atomic E-state index is 14.6. The number of ether oxygens (including phenoxy) is 2. The molecule has 8 atom stereocenters. The molecular formula is C61H72ClN10O15PS. The Hall–Kier alpha value is -8.00. The van der Waals surface area contributed by atoms with Crippen molar-refractivity contribution in [2.75, 3.05) is 32.8 Å². The predicted molar refractivity (Wildman–Crippen MR) is 327 cm³/mol. The van der Waals surface area contributed by atoms with Gasteiger partial charge in [-0.05, 0) is 110 Å². The number of carbonyl (C=O) groups excluding carboxylic acids is 8. The molecule has 0 aliphatic carbocycles. The van der Waals surface area contributed by atoms with E-state index >= 15 is 0 Å². The number of halogens is 1. The van der Waals surface area contributed by atoms with Crippen LogP contribution in [-0.2, 0) is 39.8 Å². The van der Waals surface area contributed by atoms with E-state index in [1.54, 1.807) is 35.0 Å². The standard InChI is InChI=1S/C61H72ClN10O15PS/c1-32(2)53(60(80)71-28-43(74)26-48(71)58(78)65-33(3)36-11-13-38(14-12-36)55-34(4)64-31-89-55)50-27-52(69-87-50)85-23-7-9-37-8-6-10-49(54(37)62)86-30-41(16-20-51(63)75)66-57(77)47-19-17-42-21-22-70(35(5)73)29-46(59(79)72(42)47)68-56(76)45-25-40-24-39(15-18-44(40)67-45)61(81)88(82,83)84/h6,8,10-15,18,24-25,27,31-33,41-43,46-48,53,67,74H,7,9,16-17,19-23,26,28-30H2,1-5H3,(H2,63,75)(H,65,78)(H,66,77)(H,68,76)(H2,82,83,84)/t33-,41-,42+,43+,46-,47-,48-,53+/m0/s1. The lowest BCUT2D eigenvalue weighted by Gasteiger charge is -2.38. The summed E-state index contributed by atoms with van der Waals surface area (Å²) >= 11 is 8.47. The van der Waals surface area contributed by atoms with Gasteiger partial charge >= 0.3 is 7.60 Å². The minimum absolute atomic E-state index is 0.0291. The lowest BCUT2D eigenvalue weighted by atomic mass is 9.91. The molecule has 3 aliphatic rings. The summed E-state index contributed by atoms with van der Waals surface area (Å²) in [6, 6.07) is 14.9. The first-order valence-electron chi connectivity index (χ1n) is 29.3. The van der Waals surface area contributed by atoms with Crippen LogP contribution < -0.4 is 31.2 Å². The molecular weight excluding hydrogens is 1210 g/mol. The van der Waals surface area contributed by atoms with Crippen LogP contribution in [0.3, 0.4) is 0 Å². The molecule has 3 saturated heterocycles. The summed E-state index contributed by atoms with van der Waals surface area (Å²) in [5, 5.41) is 24.1. The summed E-state index contributed by atoms with van der Waals surface area (Å²) in [6.07, 6.45) is 1.02. The highest BCUT2D eigenvalue weighted by Crippen LogP contribution is 2.40. The molecule has 3 aromatic carbocycles. The van der Waals surface area contributed by atoms with Crippen LogP contribution in [0.2, 0.25) is 5.02 Å². The van der Waals surface area contributed by atoms with Crippen LogP contribution >= 0.6 is 30.5 Å². The minimum atomic E-state index is -5.09. The summed E-state index contributed by atoms with van der Waals surface area (Å²) in [4.78, 5) is 139. The number of aromatic amines is 1. The number of nitrogens with zero attached hydrogens (tertiary/aromatic N) is 5. The average molecular weight is 1280 g/mol. The van der Waals surface area contributed by atoms with E-state index in [1.807, 2.05) is 58.0 Å². The van der Waals surface area contributed by atoms with Gasteiger partial charge in [0.2, 0.25) is 35.4 Å². The SMILES string of the molecule is CC(=O)N1CC[C@H]2CC[C@@H](C(=O)N[C@@H](CCC(N)=O)COc3cccc(CCCOc4cc([C@H](C(=O)N5C[C@H](O)C[C@H]5C(=O)N[C@@H](C)c5ccc(-c6scnc6C)cc5)C(C)C)on4)c3Cl)N2C(=O)[C@@H](NC(=O)c2cc3cc(C(=O)P(=O)(O)O)ccc3[nH]2)C1. The molecule has 0 radical (unpaired) electrons. The summed E-state index contributed by atoms with van der Waals surface area (Å²) < 4.78 is 29.5. The third-order valence-electron chi connectivity index (χ3n) is 16.4. The molecule has 6 aromatic rings. The van der Waals surface area contributed by atoms with E-state index in [9.17, 15) is 57.8 Å². The van der Waals surface area contributed by atoms with Crippen LogP contribution in [0.5, 0.6) is 11.6 Å². The van der Waals surface area contributed by atoms with Gasteiger partial charge in [-0.1, -0.05) is 61.8 Å². The van der Waals surface area contributed by atoms with Gasteiger partial charge in [0.05, 0.1) is 45.9 Å². The largest absolute Gasteiger partial charge is 0.490 e. The second-order valence-electron chi connectivity index (χ2n) is 23.1. The number of nitrogens with two attached hydrogens (primary N) is 1. The molecule has 89 heavy (non-hydrogen) atoms. The molecule has 6 heterocycles. The Labute approximate surface area is 521 Å². The fourth-order valence-electron chi connectivity index (χ4n) is 11.7. The van der Waals surface area contributed by atoms with E-state index in [2.05, 4.69) is 31.1 Å². The normalized spacial score (nSPS) is 19.7. The number of aliphatic hydroxyl groups is 1. The first kappa shape index (κ1) is 65.4. The first-order valence-corrected chi connectivity index (χ1v) is 32.2. The number of carbonyl (C=O) groups is 8. The van der Waals surface area contributed by atoms with Crippen LogP contribution in [0, 0.1) is 12.8 Å². The van der Waals surface area contributed by atoms with E-state index < -0.39 is 79.0 Å². The van der Waals surface area contributed by atoms with E-state index in [0.717, 1.165) is 21.7 Å². The number of fused-ring (bicyclic) bond motifs is 2. The number of thiazole rings is 1. The molecule has 0 saturated carbocycles. The molecule has 3 aromatic heterocycles. The van der Waals surface area contributed by atoms with E-state index in [-0.39, 0.29) is 116 Å². The zero-order chi connectivity index (χ0) is 64.0. The topological polar surface area (TPSA) is 359 Å². The highest BCUT2D eigenvalue weighted by Gasteiger charge is 2.47. The molecule has 0 bridgehead atoms. The molecule has 25 nitrogen and oxygen atoms in total. The average Bonchev–Trinajstić information content (AvgIpc) is 2.20. The Balaban J connectivity index is 0.788. The van der Waals surface area contributed by atoms with Gasteiger partial charge < -0.3 is 70.3 Å². The Morgan fingerprint density at radius 3 is 2.39 bits per heavy atom. The van der Waals surface area contributed by atoms with Gasteiger partial charge in [0.15, 0.2) is 5.76 Å². The summed E-state index contributed by atoms with van der Waals surface area (Å²) in [5.74, 6) is -4.09. The van der Waals surface area contributed by atoms with Crippen molar-refractivity contribution in [3.8, 4) is 22.1 Å². The smallest absolute Gasteiger partial charge is 0.396 e. The molecule has 9 rings (SSSR count). The zero-order valence-electron chi connectivity index (χ0n) is 49.7. The molecule has 0 spiro atoms. The van der Waals surface area contributed by atoms with Crippen LogP contribution in [0.15, 0.2) is 82.8 Å². The number of H-pyrrole nitrogens is 1. The van der Waals surface area contributed by atoms with E-state index in [0.29, 0.717) is 47.5 Å². The fourth-order valence-corrected chi connectivity index (χ4v) is 13.3. The van der Waals surface area contributed by atoms with Crippen LogP contribution in [0.1, 0.15) is 128 Å². The summed E-state index contributed by atoms with van der Waals surface area (Å²) in [7, 11) is -5.09. The number of rotatable bonds is 24. The number of aliphatic hydroxyl groups excluding tert-OH is 1. The van der Waals surface area contributed by atoms with E-state index in [4.69, 9.17) is 31.3 Å². The van der Waals surface area contributed by atoms with Gasteiger partial charge in [0.25, 0.3) is 17.3 Å². The second-order valence-corrected chi connectivity index (χ2v) is 25.8. The molecule has 9 N–H and O–H groups in total. The van der Waals surface area contributed by atoms with Gasteiger partial charge in [0, 0.05) is 68.0 Å². The van der Waals surface area contributed by atoms with Gasteiger partial charge in [-0.15, -0.1) is 11.3 Å². The summed E-state index contributed by atoms with van der Waals surface area (Å²) in [5.41, 5.74) is 9.56. The Bertz CT molecular complexity index is 3680. The molecule has 3 aliphatic heterocycles. The van der Waals surface area contributed by atoms with Crippen molar-refractivity contribution in [2.24, 2.45) is 11.7 Å². The number of likely N-dealkylation sites (tertiary alicyclic amines) is 1. The maximum atomic E-state index is 14.6. The maximum Gasteiger partial charge on any atom is 0.396 e. The number of aromatic nitrogens is 3. The van der Waals surface area contributed by atoms with E-state index in [1.165, 1.54) is 45.9 Å². The van der Waals surface area contributed by atoms with Crippen molar-refractivity contribution in [1.82, 2.24) is 45.8 Å². The Morgan fingerprint density at radius 2 is 1.70 bits per heavy atom. The lowest BCUT2D eigenvalue weighted by molar-refractivity contribution is -0.145. The van der Waals surface area contributed by atoms with Crippen molar-refractivity contribution in [3.63, 3.8) is 0 Å². The first-order chi connectivity index (χ1) is 42.3. The number of benzene rings is 3. The van der Waals surface area contributed by atoms with Crippen molar-refractivity contribution in [3.05, 3.63) is 117 Å². The van der Waals surface area contributed by atoms with Crippen LogP contribution in [-0.4, -0.2) is 161 Å². The molecule has 3 fully saturated rings. The van der Waals surface area contributed by atoms with Gasteiger partial charge in [-0.2, -0.15) is 0 Å². The fraction of sp³-hybridized carbons (Fsp3) is 0.443. The molecule has 28 heteroatoms. The minimum Gasteiger partial charge on any atom is -0.490 e. The second kappa shape index (κ2) is 28.2. The van der Waals surface area contributed by atoms with Crippen molar-refractivity contribution < 1.29 is 71.8 Å². The third kappa shape index (κ3) is 15.5. The monoisotopic (exact) mass is 1280 g/mol. The van der Waals surface area contributed by atoms with Gasteiger partial charge in [0.1, 0.15) is 42.1 Å². The zero-order valence-corrected chi connectivity index (χ0v) is 52.1. The Kier molecular flexibility index (Phi) is 20.8. The van der Waals surface area contributed by atoms with Crippen LogP contribution in [0.25, 0.3) is 21.3 Å². The van der Waals surface area contributed by atoms with Gasteiger partial charge in [-0.3, -0.25) is 42.9 Å². The third-order valence-corrected chi connectivity index (χ3v) is 18.6. The molecule has 474 valence electrons. The lowest BCUT2D eigenvalue weighted by Crippen LogP contribution is -2.61. The highest BCUT2D eigenvalue weighted by atomic mass is 35.5. The number of nitrogens with one attached hydrogen (secondary N) is 4. The van der Waals surface area contributed by atoms with Gasteiger partial charge in [-0.25, -0.2) is 4.98 Å². The number of primary amides is 1. The Morgan fingerprint density at radius 1 is 0.944 bits per heavy atom. The number of amides is 7. The number of β-amino-alcohol motifs (C(OH)–C–C–N with tert-alkyl or cyclic N) is 1. The molecule has 0 unspecified atom stereocenters. The van der Waals surface area contributed by atoms with Crippen molar-refractivity contribution in [2.45, 2.75) is 134 Å². The van der Waals surface area contributed by atoms with Crippen molar-refractivity contribution >= 4 is 88.3 Å². The number of hydrogen-bond donors (Lipinski definition) is 8. The quantitative estimate of drug-likeness (QED) is 0.0266. The summed E-state index contributed by atoms with van der Waals surface area (Å²) in [6.45, 7) is 8.89. The van der Waals surface area contributed by atoms with Crippen molar-refractivity contribution in [1.29, 1.82) is 0 Å². The predicted octanol–water partition coefficient (Wildman–Crippen LogP) is 5.69.